The van der Waals surface area contributed by atoms with Gasteiger partial charge >= 0.3 is 0 Å². The number of hydrogen-bond acceptors (Lipinski definition) is 4. The molecule has 1 fully saturated rings. The van der Waals surface area contributed by atoms with Crippen LogP contribution in [0.15, 0.2) is 24.5 Å². The molecular weight excluding hydrogens is 242 g/mol. The molecule has 100 valence electrons. The lowest BCUT2D eigenvalue weighted by Gasteiger charge is -2.23. The molecule has 1 aromatic heterocycles. The van der Waals surface area contributed by atoms with Gasteiger partial charge in [0.2, 0.25) is 0 Å². The highest BCUT2D eigenvalue weighted by Gasteiger charge is 2.16. The van der Waals surface area contributed by atoms with Crippen LogP contribution in [0.4, 0.5) is 0 Å². The first-order valence-corrected chi connectivity index (χ1v) is 7.90. The number of thioether (sulfide) groups is 1. The van der Waals surface area contributed by atoms with Gasteiger partial charge < -0.3 is 0 Å². The molecule has 0 saturated heterocycles. The summed E-state index contributed by atoms with van der Waals surface area (Å²) in [5.41, 5.74) is 4.20. The number of aromatic nitrogens is 1. The van der Waals surface area contributed by atoms with Crippen LogP contribution in [0.1, 0.15) is 37.7 Å². The zero-order valence-corrected chi connectivity index (χ0v) is 11.7. The van der Waals surface area contributed by atoms with Crippen molar-refractivity contribution in [1.82, 2.24) is 10.4 Å². The smallest absolute Gasteiger partial charge is 0.0342 e. The Morgan fingerprint density at radius 3 is 2.89 bits per heavy atom. The molecule has 1 aliphatic carbocycles. The summed E-state index contributed by atoms with van der Waals surface area (Å²) < 4.78 is 0. The number of rotatable bonds is 6. The third-order valence-electron chi connectivity index (χ3n) is 3.53. The Morgan fingerprint density at radius 2 is 2.22 bits per heavy atom. The summed E-state index contributed by atoms with van der Waals surface area (Å²) in [6.07, 6.45) is 11.7. The molecule has 0 spiro atoms. The van der Waals surface area contributed by atoms with Gasteiger partial charge in [-0.15, -0.1) is 0 Å². The van der Waals surface area contributed by atoms with E-state index in [0.29, 0.717) is 6.04 Å². The van der Waals surface area contributed by atoms with E-state index in [0.717, 1.165) is 17.4 Å². The van der Waals surface area contributed by atoms with Crippen molar-refractivity contribution in [2.24, 2.45) is 5.84 Å². The molecule has 1 aromatic rings. The summed E-state index contributed by atoms with van der Waals surface area (Å²) in [7, 11) is 0. The molecule has 1 atom stereocenters. The van der Waals surface area contributed by atoms with Gasteiger partial charge in [0.05, 0.1) is 0 Å². The van der Waals surface area contributed by atoms with E-state index in [1.807, 2.05) is 18.5 Å². The second-order valence-electron chi connectivity index (χ2n) is 5.02. The Labute approximate surface area is 114 Å². The first-order valence-electron chi connectivity index (χ1n) is 6.85. The predicted octanol–water partition coefficient (Wildman–Crippen LogP) is 2.52. The monoisotopic (exact) mass is 265 g/mol. The highest BCUT2D eigenvalue weighted by atomic mass is 32.2. The lowest BCUT2D eigenvalue weighted by Crippen LogP contribution is -2.39. The van der Waals surface area contributed by atoms with E-state index < -0.39 is 0 Å². The van der Waals surface area contributed by atoms with Gasteiger partial charge in [0.15, 0.2) is 0 Å². The van der Waals surface area contributed by atoms with Crippen molar-refractivity contribution in [3.05, 3.63) is 30.1 Å². The van der Waals surface area contributed by atoms with E-state index in [4.69, 9.17) is 5.84 Å². The van der Waals surface area contributed by atoms with E-state index in [2.05, 4.69) is 28.2 Å². The fourth-order valence-electron chi connectivity index (χ4n) is 2.45. The van der Waals surface area contributed by atoms with Crippen LogP contribution < -0.4 is 11.3 Å². The minimum absolute atomic E-state index is 0.348. The van der Waals surface area contributed by atoms with Crippen molar-refractivity contribution in [1.29, 1.82) is 0 Å². The van der Waals surface area contributed by atoms with Gasteiger partial charge in [-0.1, -0.05) is 25.3 Å². The fourth-order valence-corrected chi connectivity index (χ4v) is 3.84. The number of hydrogen-bond donors (Lipinski definition) is 2. The minimum Gasteiger partial charge on any atom is -0.271 e. The third kappa shape index (κ3) is 4.59. The quantitative estimate of drug-likeness (QED) is 0.613. The summed E-state index contributed by atoms with van der Waals surface area (Å²) in [4.78, 5) is 4.15. The molecule has 3 nitrogen and oxygen atoms in total. The van der Waals surface area contributed by atoms with Gasteiger partial charge in [0, 0.05) is 29.4 Å². The summed E-state index contributed by atoms with van der Waals surface area (Å²) in [5.74, 6) is 6.75. The number of nitrogens with one attached hydrogen (secondary N) is 1. The molecular formula is C14H23N3S. The summed E-state index contributed by atoms with van der Waals surface area (Å²) in [6.45, 7) is 0. The molecule has 1 unspecified atom stereocenters. The fraction of sp³-hybridized carbons (Fsp3) is 0.643. The maximum Gasteiger partial charge on any atom is 0.0342 e. The lowest BCUT2D eigenvalue weighted by atomic mass is 10.0. The molecule has 3 N–H and O–H groups in total. The van der Waals surface area contributed by atoms with Gasteiger partial charge in [-0.2, -0.15) is 11.8 Å². The molecule has 0 aliphatic heterocycles. The van der Waals surface area contributed by atoms with Crippen LogP contribution in [0, 0.1) is 0 Å². The van der Waals surface area contributed by atoms with Gasteiger partial charge in [0.25, 0.3) is 0 Å². The molecule has 0 amide bonds. The van der Waals surface area contributed by atoms with Gasteiger partial charge in [-0.25, -0.2) is 0 Å². The van der Waals surface area contributed by atoms with Gasteiger partial charge in [-0.05, 0) is 30.9 Å². The maximum atomic E-state index is 5.65. The Morgan fingerprint density at radius 1 is 1.39 bits per heavy atom. The molecule has 1 heterocycles. The Hall–Kier alpha value is -0.580. The standard InChI is InChI=1S/C14H23N3S/c15-17-13(9-12-5-4-8-16-10-12)11-18-14-6-2-1-3-7-14/h4-5,8,10,13-14,17H,1-3,6-7,9,11,15H2. The number of nitrogens with two attached hydrogens (primary N) is 1. The van der Waals surface area contributed by atoms with E-state index in [1.165, 1.54) is 37.7 Å². The zero-order valence-electron chi connectivity index (χ0n) is 10.8. The molecule has 18 heavy (non-hydrogen) atoms. The maximum absolute atomic E-state index is 5.65. The van der Waals surface area contributed by atoms with Crippen LogP contribution in [0.5, 0.6) is 0 Å². The number of pyridine rings is 1. The van der Waals surface area contributed by atoms with Crippen molar-refractivity contribution in [3.63, 3.8) is 0 Å². The van der Waals surface area contributed by atoms with Crippen LogP contribution in [0.3, 0.4) is 0 Å². The molecule has 0 radical (unpaired) electrons. The highest BCUT2D eigenvalue weighted by Crippen LogP contribution is 2.28. The SMILES string of the molecule is NNC(CSC1CCCCC1)Cc1cccnc1. The van der Waals surface area contributed by atoms with Gasteiger partial charge in [0.1, 0.15) is 0 Å². The molecule has 1 aliphatic rings. The van der Waals surface area contributed by atoms with E-state index in [-0.39, 0.29) is 0 Å². The molecule has 4 heteroatoms. The molecule has 1 saturated carbocycles. The van der Waals surface area contributed by atoms with Crippen molar-refractivity contribution in [2.45, 2.75) is 49.8 Å². The Bertz CT molecular complexity index is 325. The normalized spacial score (nSPS) is 18.7. The van der Waals surface area contributed by atoms with Crippen LogP contribution in [-0.4, -0.2) is 22.0 Å². The van der Waals surface area contributed by atoms with Crippen molar-refractivity contribution >= 4 is 11.8 Å². The molecule has 0 bridgehead atoms. The third-order valence-corrected chi connectivity index (χ3v) is 5.06. The van der Waals surface area contributed by atoms with Crippen LogP contribution in [0.2, 0.25) is 0 Å². The first kappa shape index (κ1) is 13.8. The number of nitrogens with zero attached hydrogens (tertiary/aromatic N) is 1. The van der Waals surface area contributed by atoms with Gasteiger partial charge in [-0.3, -0.25) is 16.3 Å². The van der Waals surface area contributed by atoms with Crippen molar-refractivity contribution in [2.75, 3.05) is 5.75 Å². The van der Waals surface area contributed by atoms with Crippen molar-refractivity contribution < 1.29 is 0 Å². The average molecular weight is 265 g/mol. The Balaban J connectivity index is 1.75. The molecule has 0 aromatic carbocycles. The van der Waals surface area contributed by atoms with Crippen molar-refractivity contribution in [3.8, 4) is 0 Å². The van der Waals surface area contributed by atoms with Crippen LogP contribution in [0.25, 0.3) is 0 Å². The topological polar surface area (TPSA) is 50.9 Å². The summed E-state index contributed by atoms with van der Waals surface area (Å²) in [6, 6.07) is 4.45. The number of hydrazine groups is 1. The first-order chi connectivity index (χ1) is 8.88. The molecule has 2 rings (SSSR count). The summed E-state index contributed by atoms with van der Waals surface area (Å²) >= 11 is 2.09. The second-order valence-corrected chi connectivity index (χ2v) is 6.36. The second kappa shape index (κ2) is 7.77. The minimum atomic E-state index is 0.348. The van der Waals surface area contributed by atoms with E-state index in [9.17, 15) is 0 Å². The van der Waals surface area contributed by atoms with Crippen LogP contribution >= 0.6 is 11.8 Å². The summed E-state index contributed by atoms with van der Waals surface area (Å²) in [5, 5.41) is 0.850. The van der Waals surface area contributed by atoms with Crippen LogP contribution in [-0.2, 0) is 6.42 Å². The largest absolute Gasteiger partial charge is 0.271 e. The van der Waals surface area contributed by atoms with E-state index in [1.54, 1.807) is 0 Å². The lowest BCUT2D eigenvalue weighted by molar-refractivity contribution is 0.513. The average Bonchev–Trinajstić information content (AvgIpc) is 2.45. The highest BCUT2D eigenvalue weighted by molar-refractivity contribution is 7.99. The van der Waals surface area contributed by atoms with E-state index >= 15 is 0 Å². The zero-order chi connectivity index (χ0) is 12.6. The predicted molar refractivity (Wildman–Crippen MR) is 78.4 cm³/mol. The Kier molecular flexibility index (Phi) is 5.97.